The van der Waals surface area contributed by atoms with Crippen LogP contribution in [0.25, 0.3) is 0 Å². The largest absolute Gasteiger partial charge is 0.339 e. The molecule has 1 saturated carbocycles. The van der Waals surface area contributed by atoms with Crippen LogP contribution in [0.4, 0.5) is 0 Å². The molecule has 0 radical (unpaired) electrons. The van der Waals surface area contributed by atoms with Gasteiger partial charge in [0.05, 0.1) is 16.7 Å². The number of hydrogen-bond acceptors (Lipinski definition) is 5. The summed E-state index contributed by atoms with van der Waals surface area (Å²) >= 11 is 7.73. The fourth-order valence-electron chi connectivity index (χ4n) is 2.48. The van der Waals surface area contributed by atoms with Crippen LogP contribution in [0.2, 0.25) is 5.02 Å². The number of thioether (sulfide) groups is 1. The Hall–Kier alpha value is -1.04. The molecule has 1 aliphatic rings. The topological polar surface area (TPSA) is 64.9 Å². The van der Waals surface area contributed by atoms with E-state index >= 15 is 0 Å². The van der Waals surface area contributed by atoms with Crippen molar-refractivity contribution in [2.24, 2.45) is 5.73 Å². The van der Waals surface area contributed by atoms with Crippen molar-refractivity contribution in [2.45, 2.75) is 41.9 Å². The highest BCUT2D eigenvalue weighted by Crippen LogP contribution is 2.33. The molecule has 4 nitrogen and oxygen atoms in total. The van der Waals surface area contributed by atoms with Gasteiger partial charge in [-0.1, -0.05) is 35.3 Å². The Morgan fingerprint density at radius 1 is 1.35 bits per heavy atom. The van der Waals surface area contributed by atoms with Gasteiger partial charge in [-0.15, -0.1) is 11.8 Å². The average molecular weight is 310 g/mol. The van der Waals surface area contributed by atoms with Crippen LogP contribution in [-0.4, -0.2) is 16.2 Å². The summed E-state index contributed by atoms with van der Waals surface area (Å²) in [7, 11) is 0. The maximum atomic E-state index is 6.12. The number of aromatic nitrogens is 2. The van der Waals surface area contributed by atoms with Crippen molar-refractivity contribution in [3.63, 3.8) is 0 Å². The molecule has 0 saturated heterocycles. The summed E-state index contributed by atoms with van der Waals surface area (Å²) in [5, 5.41) is 4.78. The normalized spacial score (nSPS) is 22.3. The Morgan fingerprint density at radius 3 is 2.95 bits per heavy atom. The van der Waals surface area contributed by atoms with E-state index in [1.54, 1.807) is 11.8 Å². The molecule has 1 heterocycles. The second kappa shape index (κ2) is 6.16. The molecule has 0 spiro atoms. The number of hydrogen-bond donors (Lipinski definition) is 1. The van der Waals surface area contributed by atoms with Crippen LogP contribution in [0.15, 0.2) is 33.7 Å². The van der Waals surface area contributed by atoms with Gasteiger partial charge in [0.2, 0.25) is 5.89 Å². The molecule has 20 heavy (non-hydrogen) atoms. The molecule has 3 rings (SSSR count). The highest BCUT2D eigenvalue weighted by molar-refractivity contribution is 7.98. The maximum absolute atomic E-state index is 6.12. The van der Waals surface area contributed by atoms with Gasteiger partial charge in [0.15, 0.2) is 5.82 Å². The Labute approximate surface area is 127 Å². The van der Waals surface area contributed by atoms with Gasteiger partial charge in [-0.25, -0.2) is 0 Å². The van der Waals surface area contributed by atoms with Gasteiger partial charge in [0.25, 0.3) is 0 Å². The van der Waals surface area contributed by atoms with E-state index in [-0.39, 0.29) is 12.0 Å². The SMILES string of the molecule is NC1CCCC1c1nc(CSc2ccccc2Cl)no1. The van der Waals surface area contributed by atoms with Gasteiger partial charge in [0, 0.05) is 10.9 Å². The minimum absolute atomic E-state index is 0.152. The smallest absolute Gasteiger partial charge is 0.231 e. The zero-order valence-electron chi connectivity index (χ0n) is 11.0. The Morgan fingerprint density at radius 2 is 2.20 bits per heavy atom. The van der Waals surface area contributed by atoms with Crippen LogP contribution < -0.4 is 5.73 Å². The number of nitrogens with two attached hydrogens (primary N) is 1. The molecule has 2 atom stereocenters. The lowest BCUT2D eigenvalue weighted by Gasteiger charge is -2.08. The first kappa shape index (κ1) is 13.9. The molecule has 1 aromatic carbocycles. The fourth-order valence-corrected chi connectivity index (χ4v) is 3.56. The summed E-state index contributed by atoms with van der Waals surface area (Å²) in [6.07, 6.45) is 3.22. The summed E-state index contributed by atoms with van der Waals surface area (Å²) in [6, 6.07) is 7.90. The third kappa shape index (κ3) is 3.00. The third-order valence-electron chi connectivity index (χ3n) is 3.56. The van der Waals surface area contributed by atoms with Crippen molar-refractivity contribution >= 4 is 23.4 Å². The summed E-state index contributed by atoms with van der Waals surface area (Å²) in [4.78, 5) is 5.49. The van der Waals surface area contributed by atoms with E-state index in [0.717, 1.165) is 29.2 Å². The van der Waals surface area contributed by atoms with Gasteiger partial charge < -0.3 is 10.3 Å². The van der Waals surface area contributed by atoms with Crippen molar-refractivity contribution < 1.29 is 4.52 Å². The molecule has 0 amide bonds. The zero-order valence-corrected chi connectivity index (χ0v) is 12.5. The molecule has 2 unspecified atom stereocenters. The number of nitrogens with zero attached hydrogens (tertiary/aromatic N) is 2. The first-order valence-corrected chi connectivity index (χ1v) is 8.06. The standard InChI is InChI=1S/C14H16ClN3OS/c15-10-5-1-2-7-12(10)20-8-13-17-14(19-18-13)9-4-3-6-11(9)16/h1-2,5,7,9,11H,3-4,6,8,16H2. The van der Waals surface area contributed by atoms with E-state index < -0.39 is 0 Å². The number of rotatable bonds is 4. The van der Waals surface area contributed by atoms with Crippen molar-refractivity contribution in [1.29, 1.82) is 0 Å². The summed E-state index contributed by atoms with van der Waals surface area (Å²) in [5.74, 6) is 2.25. The Bertz CT molecular complexity index is 589. The second-order valence-corrected chi connectivity index (χ2v) is 6.39. The highest BCUT2D eigenvalue weighted by atomic mass is 35.5. The lowest BCUT2D eigenvalue weighted by atomic mass is 10.1. The molecule has 6 heteroatoms. The van der Waals surface area contributed by atoms with Crippen molar-refractivity contribution in [1.82, 2.24) is 10.1 Å². The molecule has 1 fully saturated rings. The lowest BCUT2D eigenvalue weighted by Crippen LogP contribution is -2.22. The van der Waals surface area contributed by atoms with Gasteiger partial charge >= 0.3 is 0 Å². The Kier molecular flexibility index (Phi) is 4.29. The van der Waals surface area contributed by atoms with E-state index in [1.807, 2.05) is 24.3 Å². The van der Waals surface area contributed by atoms with Crippen LogP contribution in [0.1, 0.15) is 36.9 Å². The quantitative estimate of drug-likeness (QED) is 0.874. The van der Waals surface area contributed by atoms with Crippen LogP contribution in [0, 0.1) is 0 Å². The van der Waals surface area contributed by atoms with Gasteiger partial charge in [0.1, 0.15) is 0 Å². The van der Waals surface area contributed by atoms with E-state index in [2.05, 4.69) is 10.1 Å². The van der Waals surface area contributed by atoms with Crippen molar-refractivity contribution in [3.05, 3.63) is 41.0 Å². The molecule has 0 bridgehead atoms. The molecular formula is C14H16ClN3OS. The first-order chi connectivity index (χ1) is 9.74. The zero-order chi connectivity index (χ0) is 13.9. The molecule has 1 aliphatic carbocycles. The van der Waals surface area contributed by atoms with Crippen molar-refractivity contribution in [2.75, 3.05) is 0 Å². The monoisotopic (exact) mass is 309 g/mol. The molecule has 106 valence electrons. The summed E-state index contributed by atoms with van der Waals surface area (Å²) in [5.41, 5.74) is 6.05. The predicted octanol–water partition coefficient (Wildman–Crippen LogP) is 3.61. The van der Waals surface area contributed by atoms with E-state index in [0.29, 0.717) is 17.5 Å². The summed E-state index contributed by atoms with van der Waals surface area (Å²) in [6.45, 7) is 0. The molecule has 2 aromatic rings. The second-order valence-electron chi connectivity index (χ2n) is 4.97. The Balaban J connectivity index is 1.64. The highest BCUT2D eigenvalue weighted by Gasteiger charge is 2.30. The lowest BCUT2D eigenvalue weighted by molar-refractivity contribution is 0.342. The molecule has 2 N–H and O–H groups in total. The van der Waals surface area contributed by atoms with Gasteiger partial charge in [-0.2, -0.15) is 4.98 Å². The van der Waals surface area contributed by atoms with Gasteiger partial charge in [-0.05, 0) is 25.0 Å². The van der Waals surface area contributed by atoms with Gasteiger partial charge in [-0.3, -0.25) is 0 Å². The maximum Gasteiger partial charge on any atom is 0.231 e. The minimum atomic E-state index is 0.152. The fraction of sp³-hybridized carbons (Fsp3) is 0.429. The third-order valence-corrected chi connectivity index (χ3v) is 5.08. The predicted molar refractivity (Wildman–Crippen MR) is 79.9 cm³/mol. The van der Waals surface area contributed by atoms with E-state index in [9.17, 15) is 0 Å². The molecule has 1 aromatic heterocycles. The summed E-state index contributed by atoms with van der Waals surface area (Å²) < 4.78 is 5.35. The molecular weight excluding hydrogens is 294 g/mol. The van der Waals surface area contributed by atoms with Crippen LogP contribution >= 0.6 is 23.4 Å². The minimum Gasteiger partial charge on any atom is -0.339 e. The average Bonchev–Trinajstić information content (AvgIpc) is 3.06. The molecule has 0 aliphatic heterocycles. The van der Waals surface area contributed by atoms with Crippen LogP contribution in [0.3, 0.4) is 0 Å². The van der Waals surface area contributed by atoms with Crippen molar-refractivity contribution in [3.8, 4) is 0 Å². The number of benzene rings is 1. The van der Waals surface area contributed by atoms with E-state index in [1.165, 1.54) is 0 Å². The first-order valence-electron chi connectivity index (χ1n) is 6.69. The number of halogens is 1. The van der Waals surface area contributed by atoms with Crippen LogP contribution in [0.5, 0.6) is 0 Å². The van der Waals surface area contributed by atoms with E-state index in [4.69, 9.17) is 21.9 Å². The van der Waals surface area contributed by atoms with Crippen LogP contribution in [-0.2, 0) is 5.75 Å².